The van der Waals surface area contributed by atoms with Crippen LogP contribution in [0.1, 0.15) is 5.56 Å². The van der Waals surface area contributed by atoms with E-state index in [0.717, 1.165) is 17.3 Å². The molecule has 0 aliphatic carbocycles. The predicted octanol–water partition coefficient (Wildman–Crippen LogP) is 2.37. The van der Waals surface area contributed by atoms with Crippen LogP contribution in [0.25, 0.3) is 0 Å². The monoisotopic (exact) mass is 245 g/mol. The number of nitrogens with two attached hydrogens (primary N) is 1. The molecule has 0 heterocycles. The van der Waals surface area contributed by atoms with Crippen LogP contribution < -0.4 is 5.73 Å². The first-order valence-corrected chi connectivity index (χ1v) is 5.26. The van der Waals surface area contributed by atoms with Crippen LogP contribution in [0.3, 0.4) is 0 Å². The van der Waals surface area contributed by atoms with E-state index in [1.54, 1.807) is 6.07 Å². The quantitative estimate of drug-likeness (QED) is 0.370. The smallest absolute Gasteiger partial charge is 0.270 e. The second-order valence-corrected chi connectivity index (χ2v) is 4.11. The Labute approximate surface area is 95.3 Å². The summed E-state index contributed by atoms with van der Waals surface area (Å²) in [5, 5.41) is 17.7. The molecule has 0 saturated carbocycles. The molecule has 0 unspecified atom stereocenters. The van der Waals surface area contributed by atoms with Crippen LogP contribution >= 0.6 is 23.4 Å². The molecule has 1 rings (SSSR count). The topological polar surface area (TPSA) is 93.0 Å². The van der Waals surface area contributed by atoms with Gasteiger partial charge < -0.3 is 5.73 Å². The van der Waals surface area contributed by atoms with Gasteiger partial charge in [-0.15, -0.1) is 0 Å². The average molecular weight is 246 g/mol. The van der Waals surface area contributed by atoms with Crippen molar-refractivity contribution in [3.8, 4) is 0 Å². The van der Waals surface area contributed by atoms with Crippen molar-refractivity contribution in [3.63, 3.8) is 0 Å². The minimum absolute atomic E-state index is 0.00980. The largest absolute Gasteiger partial charge is 0.379 e. The lowest BCUT2D eigenvalue weighted by Gasteiger charge is -2.02. The van der Waals surface area contributed by atoms with Gasteiger partial charge in [-0.2, -0.15) is 0 Å². The highest BCUT2D eigenvalue weighted by Crippen LogP contribution is 2.25. The molecule has 0 atom stereocenters. The zero-order chi connectivity index (χ0) is 11.4. The molecule has 15 heavy (non-hydrogen) atoms. The van der Waals surface area contributed by atoms with Crippen molar-refractivity contribution in [2.24, 2.45) is 5.73 Å². The summed E-state index contributed by atoms with van der Waals surface area (Å²) in [6.07, 6.45) is 0. The lowest BCUT2D eigenvalue weighted by molar-refractivity contribution is -0.384. The summed E-state index contributed by atoms with van der Waals surface area (Å²) >= 11 is 6.95. The maximum atomic E-state index is 10.4. The number of hydrogen-bond donors (Lipinski definition) is 2. The highest BCUT2D eigenvalue weighted by molar-refractivity contribution is 8.13. The molecule has 0 radical (unpaired) electrons. The Morgan fingerprint density at radius 1 is 1.67 bits per heavy atom. The van der Waals surface area contributed by atoms with Crippen LogP contribution in [0.15, 0.2) is 18.2 Å². The fourth-order valence-electron chi connectivity index (χ4n) is 0.922. The summed E-state index contributed by atoms with van der Waals surface area (Å²) in [7, 11) is 0. The number of amidine groups is 1. The van der Waals surface area contributed by atoms with Gasteiger partial charge in [-0.05, 0) is 11.6 Å². The highest BCUT2D eigenvalue weighted by Gasteiger charge is 2.09. The summed E-state index contributed by atoms with van der Waals surface area (Å²) in [5.41, 5.74) is 5.84. The second kappa shape index (κ2) is 4.99. The minimum Gasteiger partial charge on any atom is -0.379 e. The third-order valence-corrected chi connectivity index (χ3v) is 2.75. The van der Waals surface area contributed by atoms with E-state index in [4.69, 9.17) is 22.7 Å². The molecule has 7 heteroatoms. The van der Waals surface area contributed by atoms with Gasteiger partial charge in [-0.1, -0.05) is 23.4 Å². The number of halogens is 1. The van der Waals surface area contributed by atoms with E-state index in [2.05, 4.69) is 0 Å². The molecule has 0 amide bonds. The van der Waals surface area contributed by atoms with Crippen LogP contribution in [-0.2, 0) is 5.75 Å². The summed E-state index contributed by atoms with van der Waals surface area (Å²) in [4.78, 5) is 9.91. The predicted molar refractivity (Wildman–Crippen MR) is 61.3 cm³/mol. The van der Waals surface area contributed by atoms with Crippen LogP contribution in [0.5, 0.6) is 0 Å². The number of non-ortho nitro benzene ring substituents is 1. The molecule has 0 spiro atoms. The molecule has 0 aliphatic rings. The average Bonchev–Trinajstić information content (AvgIpc) is 2.15. The van der Waals surface area contributed by atoms with Crippen LogP contribution in [0.2, 0.25) is 5.02 Å². The van der Waals surface area contributed by atoms with Crippen molar-refractivity contribution in [1.82, 2.24) is 0 Å². The van der Waals surface area contributed by atoms with E-state index in [-0.39, 0.29) is 10.9 Å². The van der Waals surface area contributed by atoms with E-state index in [1.807, 2.05) is 0 Å². The lowest BCUT2D eigenvalue weighted by atomic mass is 10.2. The molecule has 0 aromatic heterocycles. The van der Waals surface area contributed by atoms with Gasteiger partial charge in [0, 0.05) is 17.9 Å². The number of hydrogen-bond acceptors (Lipinski definition) is 4. The van der Waals surface area contributed by atoms with Crippen molar-refractivity contribution in [2.75, 3.05) is 0 Å². The summed E-state index contributed by atoms with van der Waals surface area (Å²) in [6, 6.07) is 4.23. The zero-order valence-corrected chi connectivity index (χ0v) is 9.14. The van der Waals surface area contributed by atoms with E-state index in [0.29, 0.717) is 10.8 Å². The normalized spacial score (nSPS) is 9.93. The van der Waals surface area contributed by atoms with E-state index >= 15 is 0 Å². The number of nitrogens with zero attached hydrogens (tertiary/aromatic N) is 1. The summed E-state index contributed by atoms with van der Waals surface area (Å²) < 4.78 is 0. The zero-order valence-electron chi connectivity index (χ0n) is 7.57. The van der Waals surface area contributed by atoms with Crippen LogP contribution in [0.4, 0.5) is 5.69 Å². The lowest BCUT2D eigenvalue weighted by Crippen LogP contribution is -2.03. The molecule has 5 nitrogen and oxygen atoms in total. The number of nitrogens with one attached hydrogen (secondary N) is 1. The van der Waals surface area contributed by atoms with Crippen molar-refractivity contribution in [2.45, 2.75) is 5.75 Å². The van der Waals surface area contributed by atoms with Crippen LogP contribution in [0, 0.1) is 15.5 Å². The van der Waals surface area contributed by atoms with Crippen LogP contribution in [-0.4, -0.2) is 10.1 Å². The van der Waals surface area contributed by atoms with Gasteiger partial charge in [0.2, 0.25) is 0 Å². The van der Waals surface area contributed by atoms with E-state index in [1.165, 1.54) is 12.1 Å². The van der Waals surface area contributed by atoms with Gasteiger partial charge in [0.1, 0.15) is 0 Å². The Balaban J connectivity index is 2.83. The Morgan fingerprint density at radius 3 is 2.80 bits per heavy atom. The van der Waals surface area contributed by atoms with Gasteiger partial charge in [0.25, 0.3) is 5.69 Å². The third-order valence-electron chi connectivity index (χ3n) is 1.63. The summed E-state index contributed by atoms with van der Waals surface area (Å²) in [5.74, 6) is 0.437. The van der Waals surface area contributed by atoms with Crippen molar-refractivity contribution in [1.29, 1.82) is 5.41 Å². The van der Waals surface area contributed by atoms with E-state index < -0.39 is 4.92 Å². The Kier molecular flexibility index (Phi) is 3.93. The minimum atomic E-state index is -0.506. The Morgan fingerprint density at radius 2 is 2.33 bits per heavy atom. The Bertz CT molecular complexity index is 411. The molecule has 0 saturated heterocycles. The fourth-order valence-corrected chi connectivity index (χ4v) is 1.81. The maximum Gasteiger partial charge on any atom is 0.270 e. The molecular weight excluding hydrogens is 238 g/mol. The van der Waals surface area contributed by atoms with Gasteiger partial charge in [-0.3, -0.25) is 15.5 Å². The molecule has 0 aliphatic heterocycles. The van der Waals surface area contributed by atoms with Gasteiger partial charge >= 0.3 is 0 Å². The van der Waals surface area contributed by atoms with Crippen molar-refractivity contribution in [3.05, 3.63) is 38.9 Å². The maximum absolute atomic E-state index is 10.4. The van der Waals surface area contributed by atoms with E-state index in [9.17, 15) is 10.1 Å². The number of thioether (sulfide) groups is 1. The first-order chi connectivity index (χ1) is 7.00. The summed E-state index contributed by atoms with van der Waals surface area (Å²) in [6.45, 7) is 0. The van der Waals surface area contributed by atoms with Crippen molar-refractivity contribution >= 4 is 34.2 Å². The van der Waals surface area contributed by atoms with Gasteiger partial charge in [0.05, 0.1) is 9.95 Å². The van der Waals surface area contributed by atoms with Crippen molar-refractivity contribution < 1.29 is 4.92 Å². The molecule has 80 valence electrons. The fraction of sp³-hybridized carbons (Fsp3) is 0.125. The third kappa shape index (κ3) is 3.41. The first-order valence-electron chi connectivity index (χ1n) is 3.90. The van der Waals surface area contributed by atoms with Gasteiger partial charge in [0.15, 0.2) is 5.17 Å². The molecule has 0 fully saturated rings. The second-order valence-electron chi connectivity index (χ2n) is 2.69. The highest BCUT2D eigenvalue weighted by atomic mass is 35.5. The standard InChI is InChI=1S/C8H8ClN3O2S/c9-7-3-6(12(13)14)2-1-5(7)4-15-8(10)11/h1-3H,4H2,(H3,10,11). The molecule has 3 N–H and O–H groups in total. The molecular formula is C8H8ClN3O2S. The number of benzene rings is 1. The number of rotatable bonds is 3. The first kappa shape index (κ1) is 11.8. The Hall–Kier alpha value is -1.27. The number of nitro benzene ring substituents is 1. The molecule has 0 bridgehead atoms. The molecule has 1 aromatic carbocycles. The number of nitro groups is 1. The SMILES string of the molecule is N=C(N)SCc1ccc([N+](=O)[O-])cc1Cl. The van der Waals surface area contributed by atoms with Gasteiger partial charge in [-0.25, -0.2) is 0 Å². The molecule has 1 aromatic rings.